The largest absolute Gasteiger partial charge is 0.354 e. The number of rotatable bonds is 5. The van der Waals surface area contributed by atoms with Crippen molar-refractivity contribution < 1.29 is 13.5 Å². The Labute approximate surface area is 145 Å². The van der Waals surface area contributed by atoms with Gasteiger partial charge in [0.05, 0.1) is 18.5 Å². The Kier molecular flexibility index (Phi) is 3.47. The first-order valence-electron chi connectivity index (χ1n) is 9.05. The van der Waals surface area contributed by atoms with Crippen molar-refractivity contribution in [1.82, 2.24) is 15.1 Å². The topological polar surface area (TPSA) is 39.1 Å². The van der Waals surface area contributed by atoms with Crippen molar-refractivity contribution >= 4 is 0 Å². The number of benzene rings is 1. The highest BCUT2D eigenvalue weighted by Gasteiger charge is 2.46. The summed E-state index contributed by atoms with van der Waals surface area (Å²) < 4.78 is 36.2. The molecule has 5 rings (SSSR count). The number of nitrogens with zero attached hydrogens (tertiary/aromatic N) is 2. The molecule has 3 aliphatic rings. The number of piperidine rings is 1. The van der Waals surface area contributed by atoms with Crippen LogP contribution in [0.3, 0.4) is 0 Å². The minimum atomic E-state index is -0.607. The minimum Gasteiger partial charge on any atom is -0.354 e. The molecule has 2 atom stereocenters. The molecule has 0 radical (unpaired) electrons. The molecule has 2 bridgehead atoms. The third-order valence-corrected chi connectivity index (χ3v) is 5.84. The van der Waals surface area contributed by atoms with Crippen molar-refractivity contribution in [3.05, 3.63) is 47.3 Å². The molecule has 1 aliphatic heterocycles. The molecule has 4 nitrogen and oxygen atoms in total. The molecule has 3 fully saturated rings. The highest BCUT2D eigenvalue weighted by molar-refractivity contribution is 5.39. The fraction of sp³-hybridized carbons (Fsp3) is 0.526. The molecule has 1 N–H and O–H groups in total. The first-order valence-corrected chi connectivity index (χ1v) is 9.05. The molecule has 1 saturated heterocycles. The summed E-state index contributed by atoms with van der Waals surface area (Å²) >= 11 is 0. The van der Waals surface area contributed by atoms with Crippen molar-refractivity contribution in [2.24, 2.45) is 5.92 Å². The molecule has 2 unspecified atom stereocenters. The minimum absolute atomic E-state index is 0.117. The molecular formula is C19H21F2N3O. The number of hydrogen-bond donors (Lipinski definition) is 1. The Morgan fingerprint density at radius 3 is 2.64 bits per heavy atom. The van der Waals surface area contributed by atoms with E-state index in [4.69, 9.17) is 4.74 Å². The molecular weight excluding hydrogens is 324 g/mol. The third kappa shape index (κ3) is 2.59. The van der Waals surface area contributed by atoms with Crippen molar-refractivity contribution in [3.8, 4) is 5.69 Å². The lowest BCUT2D eigenvalue weighted by atomic mass is 10.1. The van der Waals surface area contributed by atoms with Gasteiger partial charge in [-0.1, -0.05) is 6.07 Å². The van der Waals surface area contributed by atoms with Crippen LogP contribution in [0.2, 0.25) is 0 Å². The quantitative estimate of drug-likeness (QED) is 0.899. The van der Waals surface area contributed by atoms with Crippen LogP contribution in [0.4, 0.5) is 8.78 Å². The van der Waals surface area contributed by atoms with Gasteiger partial charge in [0.15, 0.2) is 11.6 Å². The highest BCUT2D eigenvalue weighted by Crippen LogP contribution is 2.44. The number of aromatic nitrogens is 2. The van der Waals surface area contributed by atoms with E-state index in [1.165, 1.54) is 29.3 Å². The monoisotopic (exact) mass is 345 g/mol. The molecule has 0 spiro atoms. The van der Waals surface area contributed by atoms with Gasteiger partial charge in [-0.3, -0.25) is 5.32 Å². The molecule has 0 amide bonds. The van der Waals surface area contributed by atoms with Crippen LogP contribution >= 0.6 is 0 Å². The lowest BCUT2D eigenvalue weighted by Gasteiger charge is -2.28. The van der Waals surface area contributed by atoms with E-state index in [0.717, 1.165) is 43.5 Å². The predicted molar refractivity (Wildman–Crippen MR) is 88.3 cm³/mol. The zero-order valence-corrected chi connectivity index (χ0v) is 14.0. The number of nitrogens with one attached hydrogen (secondary N) is 1. The average Bonchev–Trinajstić information content (AvgIpc) is 3.07. The summed E-state index contributed by atoms with van der Waals surface area (Å²) in [6.45, 7) is 1.32. The Morgan fingerprint density at radius 2 is 2.04 bits per heavy atom. The van der Waals surface area contributed by atoms with Gasteiger partial charge in [-0.25, -0.2) is 13.5 Å². The van der Waals surface area contributed by atoms with Crippen molar-refractivity contribution in [2.45, 2.75) is 50.4 Å². The molecule has 2 saturated carbocycles. The average molecular weight is 345 g/mol. The lowest BCUT2D eigenvalue weighted by molar-refractivity contribution is -0.0675. The Balaban J connectivity index is 1.50. The maximum absolute atomic E-state index is 14.3. The summed E-state index contributed by atoms with van der Waals surface area (Å²) in [5.74, 6) is -0.0843. The van der Waals surface area contributed by atoms with Gasteiger partial charge < -0.3 is 4.74 Å². The second-order valence-corrected chi connectivity index (χ2v) is 7.58. The highest BCUT2D eigenvalue weighted by atomic mass is 19.1. The van der Waals surface area contributed by atoms with E-state index < -0.39 is 11.6 Å². The number of para-hydroxylation sites is 1. The fourth-order valence-electron chi connectivity index (χ4n) is 4.31. The molecule has 2 heterocycles. The maximum atomic E-state index is 14.3. The van der Waals surface area contributed by atoms with Crippen LogP contribution in [0.15, 0.2) is 24.4 Å². The van der Waals surface area contributed by atoms with Crippen LogP contribution < -0.4 is 5.32 Å². The maximum Gasteiger partial charge on any atom is 0.151 e. The van der Waals surface area contributed by atoms with Crippen LogP contribution in [0.1, 0.15) is 49.3 Å². The molecule has 1 aromatic carbocycles. The van der Waals surface area contributed by atoms with E-state index in [0.29, 0.717) is 18.4 Å². The number of fused-ring (bicyclic) bond motifs is 2. The first kappa shape index (κ1) is 15.5. The van der Waals surface area contributed by atoms with E-state index in [1.807, 2.05) is 0 Å². The second kappa shape index (κ2) is 5.61. The van der Waals surface area contributed by atoms with E-state index in [9.17, 15) is 8.78 Å². The van der Waals surface area contributed by atoms with Gasteiger partial charge >= 0.3 is 0 Å². The fourth-order valence-corrected chi connectivity index (χ4v) is 4.31. The summed E-state index contributed by atoms with van der Waals surface area (Å²) in [5, 5.41) is 7.79. The zero-order chi connectivity index (χ0) is 17.0. The molecule has 2 aromatic rings. The van der Waals surface area contributed by atoms with E-state index in [-0.39, 0.29) is 11.4 Å². The molecule has 132 valence electrons. The molecule has 25 heavy (non-hydrogen) atoms. The van der Waals surface area contributed by atoms with E-state index in [1.54, 1.807) is 6.20 Å². The van der Waals surface area contributed by atoms with Gasteiger partial charge in [-0.2, -0.15) is 5.10 Å². The number of ether oxygens (including phenoxy) is 1. The van der Waals surface area contributed by atoms with Crippen molar-refractivity contribution in [2.75, 3.05) is 6.54 Å². The van der Waals surface area contributed by atoms with E-state index in [2.05, 4.69) is 10.4 Å². The van der Waals surface area contributed by atoms with Crippen LogP contribution in [-0.2, 0) is 11.3 Å². The summed E-state index contributed by atoms with van der Waals surface area (Å²) in [6, 6.07) is 3.90. The smallest absolute Gasteiger partial charge is 0.151 e. The van der Waals surface area contributed by atoms with Crippen molar-refractivity contribution in [1.29, 1.82) is 0 Å². The van der Waals surface area contributed by atoms with Gasteiger partial charge in [0.2, 0.25) is 0 Å². The second-order valence-electron chi connectivity index (χ2n) is 7.58. The standard InChI is InChI=1S/C19H21F2N3O/c20-15-2-1-3-16(21)18(15)24-17(14(10-23-24)13-4-5-13)11-25-19-7-6-12(8-19)9-22-19/h1-3,10,12-13,22H,4-9,11H2. The normalized spacial score (nSPS) is 28.0. The van der Waals surface area contributed by atoms with Gasteiger partial charge in [0.1, 0.15) is 11.4 Å². The van der Waals surface area contributed by atoms with Crippen LogP contribution in [-0.4, -0.2) is 22.1 Å². The van der Waals surface area contributed by atoms with Crippen molar-refractivity contribution in [3.63, 3.8) is 0 Å². The first-order chi connectivity index (χ1) is 12.2. The lowest BCUT2D eigenvalue weighted by Crippen LogP contribution is -2.42. The van der Waals surface area contributed by atoms with Gasteiger partial charge in [-0.05, 0) is 61.6 Å². The predicted octanol–water partition coefficient (Wildman–Crippen LogP) is 3.64. The van der Waals surface area contributed by atoms with Crippen LogP contribution in [0.5, 0.6) is 0 Å². The summed E-state index contributed by atoms with van der Waals surface area (Å²) in [6.07, 6.45) is 7.16. The molecule has 2 aliphatic carbocycles. The van der Waals surface area contributed by atoms with Gasteiger partial charge in [0.25, 0.3) is 0 Å². The Bertz CT molecular complexity index is 787. The number of hydrogen-bond acceptors (Lipinski definition) is 3. The van der Waals surface area contributed by atoms with Gasteiger partial charge in [0, 0.05) is 6.54 Å². The van der Waals surface area contributed by atoms with Crippen LogP contribution in [0.25, 0.3) is 5.69 Å². The Hall–Kier alpha value is -1.79. The summed E-state index contributed by atoms with van der Waals surface area (Å²) in [4.78, 5) is 0. The van der Waals surface area contributed by atoms with Crippen LogP contribution in [0, 0.1) is 17.6 Å². The third-order valence-electron chi connectivity index (χ3n) is 5.84. The molecule has 6 heteroatoms. The summed E-state index contributed by atoms with van der Waals surface area (Å²) in [5.41, 5.74) is 1.45. The Morgan fingerprint density at radius 1 is 1.24 bits per heavy atom. The van der Waals surface area contributed by atoms with Gasteiger partial charge in [-0.15, -0.1) is 0 Å². The number of halogens is 2. The summed E-state index contributed by atoms with van der Waals surface area (Å²) in [7, 11) is 0. The SMILES string of the molecule is Fc1cccc(F)c1-n1ncc(C2CC2)c1COC12CCC(CN1)C2. The molecule has 1 aromatic heterocycles. The van der Waals surface area contributed by atoms with E-state index >= 15 is 0 Å². The zero-order valence-electron chi connectivity index (χ0n) is 14.0.